The third-order valence-corrected chi connectivity index (χ3v) is 3.62. The van der Waals surface area contributed by atoms with Gasteiger partial charge in [0.05, 0.1) is 17.3 Å². The zero-order valence-corrected chi connectivity index (χ0v) is 11.4. The summed E-state index contributed by atoms with van der Waals surface area (Å²) in [7, 11) is 3.67. The number of nitrogens with zero attached hydrogens (tertiary/aromatic N) is 2. The average Bonchev–Trinajstić information content (AvgIpc) is 2.63. The quantitative estimate of drug-likeness (QED) is 0.573. The van der Waals surface area contributed by atoms with Gasteiger partial charge in [-0.25, -0.2) is 0 Å². The van der Waals surface area contributed by atoms with Crippen LogP contribution in [-0.2, 0) is 18.2 Å². The summed E-state index contributed by atoms with van der Waals surface area (Å²) in [5.41, 5.74) is 4.77. The summed E-state index contributed by atoms with van der Waals surface area (Å²) >= 11 is 0. The molecule has 0 aliphatic carbocycles. The normalized spacial score (nSPS) is 16.8. The van der Waals surface area contributed by atoms with E-state index < -0.39 is 0 Å². The van der Waals surface area contributed by atoms with Crippen LogP contribution in [0.15, 0.2) is 6.07 Å². The molecule has 0 radical (unpaired) electrons. The molecular formula is C12H24N4O. The van der Waals surface area contributed by atoms with E-state index in [4.69, 9.17) is 10.6 Å². The number of nitrogens with one attached hydrogen (secondary N) is 1. The van der Waals surface area contributed by atoms with Gasteiger partial charge in [-0.05, 0) is 26.3 Å². The number of hydrogen-bond acceptors (Lipinski definition) is 4. The first-order valence-electron chi connectivity index (χ1n) is 5.97. The number of aromatic nitrogens is 2. The highest BCUT2D eigenvalue weighted by Crippen LogP contribution is 2.22. The van der Waals surface area contributed by atoms with Crippen molar-refractivity contribution in [2.45, 2.75) is 45.3 Å². The van der Waals surface area contributed by atoms with Gasteiger partial charge in [0.2, 0.25) is 0 Å². The van der Waals surface area contributed by atoms with Crippen molar-refractivity contribution < 1.29 is 4.74 Å². The number of hydrogen-bond donors (Lipinski definition) is 2. The second-order valence-electron chi connectivity index (χ2n) is 4.69. The Hall–Kier alpha value is -0.910. The number of methoxy groups -OCH3 is 1. The topological polar surface area (TPSA) is 65.1 Å². The van der Waals surface area contributed by atoms with Crippen LogP contribution in [0.4, 0.5) is 0 Å². The SMILES string of the molecule is CCC(C)(OC)C(Cc1cc(C)nn1C)NN. The Kier molecular flexibility index (Phi) is 4.68. The Morgan fingerprint density at radius 1 is 1.65 bits per heavy atom. The van der Waals surface area contributed by atoms with E-state index in [2.05, 4.69) is 30.4 Å². The molecule has 98 valence electrons. The molecule has 0 fully saturated rings. The van der Waals surface area contributed by atoms with Gasteiger partial charge < -0.3 is 4.74 Å². The largest absolute Gasteiger partial charge is 0.377 e. The van der Waals surface area contributed by atoms with E-state index in [1.807, 2.05) is 18.7 Å². The zero-order valence-electron chi connectivity index (χ0n) is 11.4. The van der Waals surface area contributed by atoms with Crippen LogP contribution in [0.3, 0.4) is 0 Å². The molecule has 17 heavy (non-hydrogen) atoms. The highest BCUT2D eigenvalue weighted by Gasteiger charge is 2.32. The molecule has 0 aliphatic heterocycles. The van der Waals surface area contributed by atoms with E-state index in [-0.39, 0.29) is 11.6 Å². The predicted octanol–water partition coefficient (Wildman–Crippen LogP) is 0.918. The molecule has 0 amide bonds. The summed E-state index contributed by atoms with van der Waals surface area (Å²) in [5, 5.41) is 4.34. The number of ether oxygens (including phenoxy) is 1. The molecule has 5 nitrogen and oxygen atoms in total. The van der Waals surface area contributed by atoms with E-state index in [9.17, 15) is 0 Å². The standard InChI is InChI=1S/C12H24N4O/c1-6-12(3,17-5)11(14-13)8-10-7-9(2)15-16(10)4/h7,11,14H,6,8,13H2,1-5H3. The lowest BCUT2D eigenvalue weighted by Gasteiger charge is -2.35. The Bertz CT molecular complexity index is 357. The van der Waals surface area contributed by atoms with Gasteiger partial charge in [0.15, 0.2) is 0 Å². The molecule has 5 heteroatoms. The van der Waals surface area contributed by atoms with Crippen LogP contribution in [0, 0.1) is 6.92 Å². The molecule has 0 saturated carbocycles. The van der Waals surface area contributed by atoms with E-state index in [0.717, 1.165) is 24.2 Å². The third kappa shape index (κ3) is 3.06. The minimum atomic E-state index is -0.271. The van der Waals surface area contributed by atoms with Gasteiger partial charge in [-0.2, -0.15) is 5.10 Å². The molecule has 1 rings (SSSR count). The molecule has 2 unspecified atom stereocenters. The molecule has 1 aromatic heterocycles. The van der Waals surface area contributed by atoms with Crippen LogP contribution in [0.25, 0.3) is 0 Å². The summed E-state index contributed by atoms with van der Waals surface area (Å²) in [6, 6.07) is 2.14. The van der Waals surface area contributed by atoms with Gasteiger partial charge in [0.1, 0.15) is 0 Å². The van der Waals surface area contributed by atoms with Crippen LogP contribution >= 0.6 is 0 Å². The smallest absolute Gasteiger partial charge is 0.0817 e. The molecule has 0 bridgehead atoms. The number of nitrogens with two attached hydrogens (primary N) is 1. The second kappa shape index (κ2) is 5.62. The number of hydrazine groups is 1. The maximum Gasteiger partial charge on any atom is 0.0817 e. The Balaban J connectivity index is 2.86. The molecule has 0 spiro atoms. The lowest BCUT2D eigenvalue weighted by Crippen LogP contribution is -2.53. The predicted molar refractivity (Wildman–Crippen MR) is 68.5 cm³/mol. The molecule has 0 aromatic carbocycles. The van der Waals surface area contributed by atoms with Gasteiger partial charge in [0.25, 0.3) is 0 Å². The molecule has 0 saturated heterocycles. The van der Waals surface area contributed by atoms with Crippen molar-refractivity contribution in [1.82, 2.24) is 15.2 Å². The van der Waals surface area contributed by atoms with E-state index in [1.54, 1.807) is 7.11 Å². The Morgan fingerprint density at radius 3 is 2.65 bits per heavy atom. The molecule has 1 heterocycles. The molecule has 0 aliphatic rings. The van der Waals surface area contributed by atoms with Crippen LogP contribution in [0.1, 0.15) is 31.7 Å². The van der Waals surface area contributed by atoms with Gasteiger partial charge >= 0.3 is 0 Å². The van der Waals surface area contributed by atoms with Crippen molar-refractivity contribution in [2.24, 2.45) is 12.9 Å². The summed E-state index contributed by atoms with van der Waals surface area (Å²) in [6.07, 6.45) is 1.70. The Labute approximate surface area is 103 Å². The minimum Gasteiger partial charge on any atom is -0.377 e. The summed E-state index contributed by atoms with van der Waals surface area (Å²) < 4.78 is 7.48. The fraction of sp³-hybridized carbons (Fsp3) is 0.750. The first-order valence-corrected chi connectivity index (χ1v) is 5.97. The van der Waals surface area contributed by atoms with Gasteiger partial charge in [0, 0.05) is 26.3 Å². The van der Waals surface area contributed by atoms with Crippen molar-refractivity contribution in [3.05, 3.63) is 17.5 Å². The first kappa shape index (κ1) is 14.2. The number of aryl methyl sites for hydroxylation is 2. The van der Waals surface area contributed by atoms with E-state index in [1.165, 1.54) is 0 Å². The third-order valence-electron chi connectivity index (χ3n) is 3.62. The summed E-state index contributed by atoms with van der Waals surface area (Å²) in [4.78, 5) is 0. The van der Waals surface area contributed by atoms with Gasteiger partial charge in [-0.3, -0.25) is 16.0 Å². The van der Waals surface area contributed by atoms with Crippen molar-refractivity contribution in [1.29, 1.82) is 0 Å². The van der Waals surface area contributed by atoms with Crippen molar-refractivity contribution in [3.63, 3.8) is 0 Å². The monoisotopic (exact) mass is 240 g/mol. The van der Waals surface area contributed by atoms with Crippen molar-refractivity contribution in [2.75, 3.05) is 7.11 Å². The minimum absolute atomic E-state index is 0.0623. The van der Waals surface area contributed by atoms with Gasteiger partial charge in [-0.15, -0.1) is 0 Å². The first-order chi connectivity index (χ1) is 7.96. The molecule has 1 aromatic rings. The van der Waals surface area contributed by atoms with Crippen LogP contribution < -0.4 is 11.3 Å². The van der Waals surface area contributed by atoms with Crippen LogP contribution in [-0.4, -0.2) is 28.5 Å². The molecule has 3 N–H and O–H groups in total. The maximum atomic E-state index is 5.66. The lowest BCUT2D eigenvalue weighted by molar-refractivity contribution is -0.0292. The molecular weight excluding hydrogens is 216 g/mol. The highest BCUT2D eigenvalue weighted by atomic mass is 16.5. The number of rotatable bonds is 6. The molecule has 2 atom stereocenters. The maximum absolute atomic E-state index is 5.66. The lowest BCUT2D eigenvalue weighted by atomic mass is 9.90. The van der Waals surface area contributed by atoms with Gasteiger partial charge in [-0.1, -0.05) is 6.92 Å². The zero-order chi connectivity index (χ0) is 13.1. The summed E-state index contributed by atoms with van der Waals surface area (Å²) in [5.74, 6) is 5.66. The van der Waals surface area contributed by atoms with Crippen molar-refractivity contribution in [3.8, 4) is 0 Å². The fourth-order valence-corrected chi connectivity index (χ4v) is 2.05. The van der Waals surface area contributed by atoms with E-state index >= 15 is 0 Å². The highest BCUT2D eigenvalue weighted by molar-refractivity contribution is 5.11. The fourth-order valence-electron chi connectivity index (χ4n) is 2.05. The van der Waals surface area contributed by atoms with Crippen molar-refractivity contribution >= 4 is 0 Å². The van der Waals surface area contributed by atoms with Crippen LogP contribution in [0.5, 0.6) is 0 Å². The average molecular weight is 240 g/mol. The van der Waals surface area contributed by atoms with E-state index in [0.29, 0.717) is 0 Å². The Morgan fingerprint density at radius 2 is 2.29 bits per heavy atom. The van der Waals surface area contributed by atoms with Crippen LogP contribution in [0.2, 0.25) is 0 Å². The summed E-state index contributed by atoms with van der Waals surface area (Å²) in [6.45, 7) is 6.16. The second-order valence-corrected chi connectivity index (χ2v) is 4.69.